The molecule has 17 heavy (non-hydrogen) atoms. The van der Waals surface area contributed by atoms with Gasteiger partial charge in [0, 0.05) is 19.5 Å². The van der Waals surface area contributed by atoms with E-state index in [4.69, 9.17) is 4.74 Å². The summed E-state index contributed by atoms with van der Waals surface area (Å²) in [4.78, 5) is 14.1. The lowest BCUT2D eigenvalue weighted by molar-refractivity contribution is -0.145. The first kappa shape index (κ1) is 12.9. The third-order valence-corrected chi connectivity index (χ3v) is 5.03. The molecule has 0 spiro atoms. The zero-order valence-corrected chi connectivity index (χ0v) is 11.5. The fraction of sp³-hybridized carbons (Fsp3) is 0.929. The van der Waals surface area contributed by atoms with Gasteiger partial charge in [0.1, 0.15) is 0 Å². The second-order valence-electron chi connectivity index (χ2n) is 5.94. The first-order chi connectivity index (χ1) is 8.04. The van der Waals surface area contributed by atoms with Crippen LogP contribution in [0.3, 0.4) is 0 Å². The number of piperidine rings is 1. The van der Waals surface area contributed by atoms with E-state index in [1.165, 1.54) is 0 Å². The van der Waals surface area contributed by atoms with E-state index in [2.05, 4.69) is 25.8 Å². The molecule has 3 nitrogen and oxygen atoms in total. The van der Waals surface area contributed by atoms with Gasteiger partial charge in [-0.25, -0.2) is 0 Å². The molecule has 1 aliphatic carbocycles. The molecule has 1 saturated carbocycles. The van der Waals surface area contributed by atoms with Gasteiger partial charge in [-0.15, -0.1) is 0 Å². The topological polar surface area (TPSA) is 29.5 Å². The lowest BCUT2D eigenvalue weighted by Gasteiger charge is -2.36. The molecule has 98 valence electrons. The van der Waals surface area contributed by atoms with Crippen LogP contribution in [0.2, 0.25) is 0 Å². The summed E-state index contributed by atoms with van der Waals surface area (Å²) in [5.74, 6) is 3.39. The van der Waals surface area contributed by atoms with E-state index in [1.54, 1.807) is 0 Å². The van der Waals surface area contributed by atoms with Crippen LogP contribution in [0, 0.1) is 29.6 Å². The molecule has 0 N–H and O–H groups in total. The zero-order chi connectivity index (χ0) is 12.6. The quantitative estimate of drug-likeness (QED) is 0.706. The molecule has 4 atom stereocenters. The van der Waals surface area contributed by atoms with E-state index in [9.17, 15) is 4.79 Å². The minimum atomic E-state index is -0.00152. The highest BCUT2D eigenvalue weighted by Gasteiger charge is 2.50. The summed E-state index contributed by atoms with van der Waals surface area (Å²) in [5.41, 5.74) is 0. The Labute approximate surface area is 105 Å². The molecule has 2 rings (SSSR count). The molecular weight excluding hydrogens is 214 g/mol. The van der Waals surface area contributed by atoms with Crippen molar-refractivity contribution >= 4 is 5.97 Å². The second kappa shape index (κ2) is 4.97. The van der Waals surface area contributed by atoms with Crippen LogP contribution in [0.5, 0.6) is 0 Å². The summed E-state index contributed by atoms with van der Waals surface area (Å²) in [6.07, 6.45) is 0.631. The number of hydrogen-bond donors (Lipinski definition) is 0. The lowest BCUT2D eigenvalue weighted by atomic mass is 9.81. The molecule has 2 fully saturated rings. The Morgan fingerprint density at radius 1 is 1.24 bits per heavy atom. The SMILES string of the molecule is CCOC(=O)CC1C2CN(C)CC1C(C)C2C. The molecule has 3 heteroatoms. The van der Waals surface area contributed by atoms with Crippen molar-refractivity contribution in [3.63, 3.8) is 0 Å². The van der Waals surface area contributed by atoms with E-state index in [-0.39, 0.29) is 5.97 Å². The van der Waals surface area contributed by atoms with Crippen molar-refractivity contribution in [2.45, 2.75) is 27.2 Å². The summed E-state index contributed by atoms with van der Waals surface area (Å²) < 4.78 is 5.11. The molecule has 0 aromatic rings. The molecule has 0 amide bonds. The Hall–Kier alpha value is -0.570. The van der Waals surface area contributed by atoms with Crippen LogP contribution < -0.4 is 0 Å². The maximum absolute atomic E-state index is 11.7. The molecular formula is C14H25NO2. The summed E-state index contributed by atoms with van der Waals surface area (Å²) in [6, 6.07) is 0. The van der Waals surface area contributed by atoms with Crippen molar-refractivity contribution < 1.29 is 9.53 Å². The number of fused-ring (bicyclic) bond motifs is 2. The van der Waals surface area contributed by atoms with E-state index in [1.807, 2.05) is 6.92 Å². The normalized spacial score (nSPS) is 41.5. The van der Waals surface area contributed by atoms with Crippen LogP contribution in [0.15, 0.2) is 0 Å². The van der Waals surface area contributed by atoms with Crippen LogP contribution in [0.25, 0.3) is 0 Å². The number of esters is 1. The van der Waals surface area contributed by atoms with Crippen molar-refractivity contribution in [1.29, 1.82) is 0 Å². The average molecular weight is 239 g/mol. The lowest BCUT2D eigenvalue weighted by Crippen LogP contribution is -2.41. The Balaban J connectivity index is 2.06. The van der Waals surface area contributed by atoms with Crippen LogP contribution in [0.4, 0.5) is 0 Å². The fourth-order valence-electron chi connectivity index (χ4n) is 3.99. The number of carbonyl (C=O) groups is 1. The number of hydrogen-bond acceptors (Lipinski definition) is 3. The molecule has 1 heterocycles. The molecule has 2 bridgehead atoms. The highest BCUT2D eigenvalue weighted by molar-refractivity contribution is 5.69. The Kier molecular flexibility index (Phi) is 3.76. The van der Waals surface area contributed by atoms with Gasteiger partial charge in [0.2, 0.25) is 0 Å². The monoisotopic (exact) mass is 239 g/mol. The van der Waals surface area contributed by atoms with Gasteiger partial charge in [-0.1, -0.05) is 13.8 Å². The van der Waals surface area contributed by atoms with Gasteiger partial charge in [-0.2, -0.15) is 0 Å². The molecule has 1 aliphatic heterocycles. The van der Waals surface area contributed by atoms with Crippen molar-refractivity contribution in [1.82, 2.24) is 4.90 Å². The Bertz CT molecular complexity index is 274. The molecule has 4 unspecified atom stereocenters. The summed E-state index contributed by atoms with van der Waals surface area (Å²) in [6.45, 7) is 9.38. The number of rotatable bonds is 3. The van der Waals surface area contributed by atoms with Gasteiger partial charge in [-0.3, -0.25) is 4.79 Å². The van der Waals surface area contributed by atoms with Gasteiger partial charge in [-0.05, 0) is 43.6 Å². The van der Waals surface area contributed by atoms with Crippen LogP contribution in [-0.4, -0.2) is 37.6 Å². The molecule has 0 aromatic carbocycles. The van der Waals surface area contributed by atoms with Gasteiger partial charge >= 0.3 is 5.97 Å². The summed E-state index contributed by atoms with van der Waals surface area (Å²) in [7, 11) is 2.20. The third-order valence-electron chi connectivity index (χ3n) is 5.03. The largest absolute Gasteiger partial charge is 0.466 e. The standard InChI is InChI=1S/C14H25NO2/c1-5-17-14(16)6-11-12-7-15(4)8-13(11)10(3)9(12)2/h9-13H,5-8H2,1-4H3. The van der Waals surface area contributed by atoms with E-state index in [0.717, 1.165) is 24.9 Å². The van der Waals surface area contributed by atoms with Crippen LogP contribution in [0.1, 0.15) is 27.2 Å². The van der Waals surface area contributed by atoms with E-state index < -0.39 is 0 Å². The highest BCUT2D eigenvalue weighted by Crippen LogP contribution is 2.50. The van der Waals surface area contributed by atoms with E-state index >= 15 is 0 Å². The first-order valence-electron chi connectivity index (χ1n) is 6.88. The number of nitrogens with zero attached hydrogens (tertiary/aromatic N) is 1. The van der Waals surface area contributed by atoms with Crippen molar-refractivity contribution in [3.05, 3.63) is 0 Å². The van der Waals surface area contributed by atoms with Crippen LogP contribution in [-0.2, 0) is 9.53 Å². The summed E-state index contributed by atoms with van der Waals surface area (Å²) in [5, 5.41) is 0. The maximum Gasteiger partial charge on any atom is 0.306 e. The zero-order valence-electron chi connectivity index (χ0n) is 11.5. The molecule has 0 aromatic heterocycles. The van der Waals surface area contributed by atoms with Crippen molar-refractivity contribution in [2.24, 2.45) is 29.6 Å². The molecule has 0 radical (unpaired) electrons. The van der Waals surface area contributed by atoms with Gasteiger partial charge in [0.05, 0.1) is 6.61 Å². The number of ether oxygens (including phenoxy) is 1. The highest BCUT2D eigenvalue weighted by atomic mass is 16.5. The van der Waals surface area contributed by atoms with Crippen molar-refractivity contribution in [2.75, 3.05) is 26.7 Å². The van der Waals surface area contributed by atoms with Gasteiger partial charge < -0.3 is 9.64 Å². The summed E-state index contributed by atoms with van der Waals surface area (Å²) >= 11 is 0. The maximum atomic E-state index is 11.7. The van der Waals surface area contributed by atoms with E-state index in [0.29, 0.717) is 30.8 Å². The predicted octanol–water partition coefficient (Wildman–Crippen LogP) is 2.02. The van der Waals surface area contributed by atoms with Gasteiger partial charge in [0.25, 0.3) is 0 Å². The van der Waals surface area contributed by atoms with Crippen LogP contribution >= 0.6 is 0 Å². The number of likely N-dealkylation sites (tertiary alicyclic amines) is 1. The van der Waals surface area contributed by atoms with Crippen molar-refractivity contribution in [3.8, 4) is 0 Å². The first-order valence-corrected chi connectivity index (χ1v) is 6.88. The Morgan fingerprint density at radius 2 is 1.76 bits per heavy atom. The average Bonchev–Trinajstić information content (AvgIpc) is 2.42. The minimum Gasteiger partial charge on any atom is -0.466 e. The number of carbonyl (C=O) groups excluding carboxylic acids is 1. The van der Waals surface area contributed by atoms with Gasteiger partial charge in [0.15, 0.2) is 0 Å². The third kappa shape index (κ3) is 2.35. The predicted molar refractivity (Wildman–Crippen MR) is 67.5 cm³/mol. The Morgan fingerprint density at radius 3 is 2.24 bits per heavy atom. The second-order valence-corrected chi connectivity index (χ2v) is 5.94. The molecule has 2 aliphatic rings. The smallest absolute Gasteiger partial charge is 0.306 e. The fourth-order valence-corrected chi connectivity index (χ4v) is 3.99. The molecule has 1 saturated heterocycles. The minimum absolute atomic E-state index is 0.00152.